The van der Waals surface area contributed by atoms with Crippen LogP contribution in [0.25, 0.3) is 0 Å². The fourth-order valence-corrected chi connectivity index (χ4v) is 2.02. The maximum Gasteiger partial charge on any atom is 0.141 e. The average Bonchev–Trinajstić information content (AvgIpc) is 2.35. The molecule has 0 aliphatic carbocycles. The Morgan fingerprint density at radius 3 is 2.89 bits per heavy atom. The van der Waals surface area contributed by atoms with Gasteiger partial charge in [-0.25, -0.2) is 4.39 Å². The molecular formula is C14H13BrFNO. The lowest BCUT2D eigenvalue weighted by Gasteiger charge is -2.09. The number of hydrogen-bond donors (Lipinski definition) is 0. The molecule has 2 nitrogen and oxygen atoms in total. The number of rotatable bonds is 4. The van der Waals surface area contributed by atoms with Gasteiger partial charge in [-0.3, -0.25) is 4.98 Å². The molecule has 4 heteroatoms. The van der Waals surface area contributed by atoms with Crippen LogP contribution in [-0.4, -0.2) is 11.6 Å². The second-order valence-electron chi connectivity index (χ2n) is 3.79. The van der Waals surface area contributed by atoms with Crippen molar-refractivity contribution in [3.05, 3.63) is 58.1 Å². The smallest absolute Gasteiger partial charge is 0.141 e. The van der Waals surface area contributed by atoms with Gasteiger partial charge in [-0.1, -0.05) is 22.0 Å². The van der Waals surface area contributed by atoms with Crippen LogP contribution in [0.4, 0.5) is 4.39 Å². The molecule has 94 valence electrons. The largest absolute Gasteiger partial charge is 0.492 e. The molecule has 0 aliphatic rings. The predicted molar refractivity (Wildman–Crippen MR) is 72.3 cm³/mol. The van der Waals surface area contributed by atoms with E-state index in [0.29, 0.717) is 24.3 Å². The third-order valence-electron chi connectivity index (χ3n) is 2.52. The number of aromatic nitrogens is 1. The molecule has 0 spiro atoms. The van der Waals surface area contributed by atoms with Gasteiger partial charge in [-0.05, 0) is 36.8 Å². The number of pyridine rings is 1. The van der Waals surface area contributed by atoms with Crippen molar-refractivity contribution in [2.75, 3.05) is 6.61 Å². The molecule has 0 unspecified atom stereocenters. The number of hydrogen-bond acceptors (Lipinski definition) is 2. The standard InChI is InChI=1S/C14H13BrFNO/c1-2-18-14-4-3-7-17-13(14)8-10-5-6-11(15)9-12(10)16/h3-7,9H,2,8H2,1H3. The van der Waals surface area contributed by atoms with Crippen molar-refractivity contribution in [2.24, 2.45) is 0 Å². The summed E-state index contributed by atoms with van der Waals surface area (Å²) in [6.45, 7) is 2.48. The topological polar surface area (TPSA) is 22.1 Å². The lowest BCUT2D eigenvalue weighted by Crippen LogP contribution is -2.01. The monoisotopic (exact) mass is 309 g/mol. The van der Waals surface area contributed by atoms with E-state index in [1.54, 1.807) is 12.3 Å². The Kier molecular flexibility index (Phi) is 4.31. The van der Waals surface area contributed by atoms with Gasteiger partial charge >= 0.3 is 0 Å². The SMILES string of the molecule is CCOc1cccnc1Cc1ccc(Br)cc1F. The van der Waals surface area contributed by atoms with Gasteiger partial charge in [0.2, 0.25) is 0 Å². The van der Waals surface area contributed by atoms with Crippen molar-refractivity contribution in [2.45, 2.75) is 13.3 Å². The molecule has 0 atom stereocenters. The summed E-state index contributed by atoms with van der Waals surface area (Å²) in [5.74, 6) is 0.472. The summed E-state index contributed by atoms with van der Waals surface area (Å²) in [6.07, 6.45) is 2.11. The highest BCUT2D eigenvalue weighted by atomic mass is 79.9. The van der Waals surface area contributed by atoms with Gasteiger partial charge in [0.15, 0.2) is 0 Å². The summed E-state index contributed by atoms with van der Waals surface area (Å²) in [7, 11) is 0. The lowest BCUT2D eigenvalue weighted by atomic mass is 10.1. The Labute approximate surface area is 114 Å². The van der Waals surface area contributed by atoms with E-state index in [9.17, 15) is 4.39 Å². The van der Waals surface area contributed by atoms with Gasteiger partial charge in [0.25, 0.3) is 0 Å². The molecule has 0 bridgehead atoms. The predicted octanol–water partition coefficient (Wildman–Crippen LogP) is 3.97. The molecule has 0 radical (unpaired) electrons. The van der Waals surface area contributed by atoms with Gasteiger partial charge in [0, 0.05) is 17.1 Å². The van der Waals surface area contributed by atoms with Gasteiger partial charge < -0.3 is 4.74 Å². The molecule has 0 aliphatic heterocycles. The molecule has 0 fully saturated rings. The van der Waals surface area contributed by atoms with E-state index in [-0.39, 0.29) is 5.82 Å². The third kappa shape index (κ3) is 3.07. The van der Waals surface area contributed by atoms with E-state index in [1.165, 1.54) is 6.07 Å². The summed E-state index contributed by atoms with van der Waals surface area (Å²) < 4.78 is 20.0. The van der Waals surface area contributed by atoms with Crippen LogP contribution < -0.4 is 4.74 Å². The average molecular weight is 310 g/mol. The zero-order chi connectivity index (χ0) is 13.0. The quantitative estimate of drug-likeness (QED) is 0.852. The molecule has 2 rings (SSSR count). The normalized spacial score (nSPS) is 10.4. The number of halogens is 2. The van der Waals surface area contributed by atoms with Crippen LogP contribution >= 0.6 is 15.9 Å². The zero-order valence-electron chi connectivity index (χ0n) is 9.99. The van der Waals surface area contributed by atoms with E-state index in [4.69, 9.17) is 4.74 Å². The van der Waals surface area contributed by atoms with Crippen LogP contribution in [0.5, 0.6) is 5.75 Å². The molecule has 18 heavy (non-hydrogen) atoms. The van der Waals surface area contributed by atoms with Crippen molar-refractivity contribution < 1.29 is 9.13 Å². The highest BCUT2D eigenvalue weighted by Gasteiger charge is 2.09. The molecule has 1 aromatic heterocycles. The minimum absolute atomic E-state index is 0.238. The van der Waals surface area contributed by atoms with Crippen molar-refractivity contribution in [3.8, 4) is 5.75 Å². The first-order chi connectivity index (χ1) is 8.70. The van der Waals surface area contributed by atoms with Crippen molar-refractivity contribution >= 4 is 15.9 Å². The third-order valence-corrected chi connectivity index (χ3v) is 3.01. The Balaban J connectivity index is 2.28. The van der Waals surface area contributed by atoms with Crippen LogP contribution in [0.1, 0.15) is 18.2 Å². The first-order valence-corrected chi connectivity index (χ1v) is 6.50. The number of ether oxygens (including phenoxy) is 1. The molecule has 0 saturated carbocycles. The molecule has 0 amide bonds. The van der Waals surface area contributed by atoms with E-state index in [2.05, 4.69) is 20.9 Å². The molecule has 1 aromatic carbocycles. The van der Waals surface area contributed by atoms with Crippen molar-refractivity contribution in [1.82, 2.24) is 4.98 Å². The maximum atomic E-state index is 13.8. The second kappa shape index (κ2) is 5.96. The van der Waals surface area contributed by atoms with Crippen molar-refractivity contribution in [3.63, 3.8) is 0 Å². The highest BCUT2D eigenvalue weighted by Crippen LogP contribution is 2.22. The van der Waals surface area contributed by atoms with Crippen LogP contribution in [0.3, 0.4) is 0 Å². The summed E-state index contributed by atoms with van der Waals surface area (Å²) >= 11 is 3.24. The number of benzene rings is 1. The fraction of sp³-hybridized carbons (Fsp3) is 0.214. The van der Waals surface area contributed by atoms with Crippen molar-refractivity contribution in [1.29, 1.82) is 0 Å². The first kappa shape index (κ1) is 13.0. The van der Waals surface area contributed by atoms with E-state index >= 15 is 0 Å². The maximum absolute atomic E-state index is 13.8. The van der Waals surface area contributed by atoms with E-state index in [1.807, 2.05) is 25.1 Å². The van der Waals surface area contributed by atoms with Crippen LogP contribution in [0.2, 0.25) is 0 Å². The van der Waals surface area contributed by atoms with E-state index in [0.717, 1.165) is 10.2 Å². The Morgan fingerprint density at radius 2 is 2.17 bits per heavy atom. The summed E-state index contributed by atoms with van der Waals surface area (Å²) in [5, 5.41) is 0. The van der Waals surface area contributed by atoms with E-state index < -0.39 is 0 Å². The van der Waals surface area contributed by atoms with Crippen LogP contribution in [-0.2, 0) is 6.42 Å². The molecule has 2 aromatic rings. The highest BCUT2D eigenvalue weighted by molar-refractivity contribution is 9.10. The molecule has 1 heterocycles. The summed E-state index contributed by atoms with van der Waals surface area (Å²) in [5.41, 5.74) is 1.36. The molecular weight excluding hydrogens is 297 g/mol. The van der Waals surface area contributed by atoms with Crippen LogP contribution in [0, 0.1) is 5.82 Å². The first-order valence-electron chi connectivity index (χ1n) is 5.71. The molecule has 0 N–H and O–H groups in total. The lowest BCUT2D eigenvalue weighted by molar-refractivity contribution is 0.335. The summed E-state index contributed by atoms with van der Waals surface area (Å²) in [6, 6.07) is 8.69. The minimum Gasteiger partial charge on any atom is -0.492 e. The van der Waals surface area contributed by atoms with Gasteiger partial charge in [0.1, 0.15) is 11.6 Å². The van der Waals surface area contributed by atoms with Gasteiger partial charge in [-0.2, -0.15) is 0 Å². The van der Waals surface area contributed by atoms with Gasteiger partial charge in [0.05, 0.1) is 12.3 Å². The Bertz CT molecular complexity index is 545. The fourth-order valence-electron chi connectivity index (χ4n) is 1.69. The Morgan fingerprint density at radius 1 is 1.33 bits per heavy atom. The zero-order valence-corrected chi connectivity index (χ0v) is 11.6. The Hall–Kier alpha value is -1.42. The number of nitrogens with zero attached hydrogens (tertiary/aromatic N) is 1. The second-order valence-corrected chi connectivity index (χ2v) is 4.71. The molecule has 0 saturated heterocycles. The van der Waals surface area contributed by atoms with Crippen LogP contribution in [0.15, 0.2) is 41.0 Å². The summed E-state index contributed by atoms with van der Waals surface area (Å²) in [4.78, 5) is 4.25. The minimum atomic E-state index is -0.238. The van der Waals surface area contributed by atoms with Gasteiger partial charge in [-0.15, -0.1) is 0 Å².